The SMILES string of the molecule is CN[C@@H](C)C(=O)N[C@H](C(=O)NCCC(=O)N1C=CN(Cc2ccccc2)C(=O)[C@@H]1C)C(C)C. The van der Waals surface area contributed by atoms with Gasteiger partial charge in [-0.25, -0.2) is 0 Å². The highest BCUT2D eigenvalue weighted by Gasteiger charge is 2.31. The molecule has 2 rings (SSSR count). The molecule has 0 unspecified atom stereocenters. The van der Waals surface area contributed by atoms with Gasteiger partial charge in [0.2, 0.25) is 23.6 Å². The predicted octanol–water partition coefficient (Wildman–Crippen LogP) is 0.972. The molecule has 4 amide bonds. The fraction of sp³-hybridized carbons (Fsp3) is 0.500. The van der Waals surface area contributed by atoms with Gasteiger partial charge in [0.1, 0.15) is 12.1 Å². The number of amides is 4. The molecule has 0 bridgehead atoms. The second-order valence-corrected chi connectivity index (χ2v) is 8.51. The molecule has 0 aromatic heterocycles. The van der Waals surface area contributed by atoms with E-state index in [9.17, 15) is 19.2 Å². The first-order chi connectivity index (χ1) is 15.6. The summed E-state index contributed by atoms with van der Waals surface area (Å²) < 4.78 is 0. The van der Waals surface area contributed by atoms with Gasteiger partial charge in [0.05, 0.1) is 12.6 Å². The summed E-state index contributed by atoms with van der Waals surface area (Å²) in [6.07, 6.45) is 3.26. The van der Waals surface area contributed by atoms with Crippen LogP contribution in [0.25, 0.3) is 0 Å². The number of likely N-dealkylation sites (N-methyl/N-ethyl adjacent to an activating group) is 1. The Morgan fingerprint density at radius 3 is 2.30 bits per heavy atom. The third-order valence-electron chi connectivity index (χ3n) is 5.66. The second-order valence-electron chi connectivity index (χ2n) is 8.51. The molecule has 1 aliphatic rings. The summed E-state index contributed by atoms with van der Waals surface area (Å²) in [4.78, 5) is 53.1. The maximum absolute atomic E-state index is 12.7. The highest BCUT2D eigenvalue weighted by atomic mass is 16.2. The zero-order valence-corrected chi connectivity index (χ0v) is 20.0. The molecule has 0 fully saturated rings. The van der Waals surface area contributed by atoms with Gasteiger partial charge in [-0.1, -0.05) is 44.2 Å². The fourth-order valence-corrected chi connectivity index (χ4v) is 3.40. The van der Waals surface area contributed by atoms with Gasteiger partial charge in [-0.05, 0) is 32.4 Å². The number of carbonyl (C=O) groups is 4. The second kappa shape index (κ2) is 12.2. The van der Waals surface area contributed by atoms with E-state index in [-0.39, 0.29) is 42.5 Å². The van der Waals surface area contributed by atoms with Crippen molar-refractivity contribution in [1.29, 1.82) is 0 Å². The summed E-state index contributed by atoms with van der Waals surface area (Å²) in [5.74, 6) is -1.16. The zero-order chi connectivity index (χ0) is 24.5. The average Bonchev–Trinajstić information content (AvgIpc) is 2.80. The standard InChI is InChI=1S/C24H35N5O4/c1-16(2)21(27-22(31)17(3)25-5)23(32)26-12-11-20(30)29-14-13-28(24(33)18(29)4)15-19-9-7-6-8-10-19/h6-10,13-14,16-18,21,25H,11-12,15H2,1-5H3,(H,26,32)(H,27,31)/t17-,18-,21-/m0/s1. The Hall–Kier alpha value is -3.20. The van der Waals surface area contributed by atoms with Crippen molar-refractivity contribution in [2.24, 2.45) is 5.92 Å². The van der Waals surface area contributed by atoms with E-state index in [1.807, 2.05) is 44.2 Å². The van der Waals surface area contributed by atoms with Crippen molar-refractivity contribution in [1.82, 2.24) is 25.8 Å². The number of nitrogens with zero attached hydrogens (tertiary/aromatic N) is 2. The molecule has 0 radical (unpaired) electrons. The van der Waals surface area contributed by atoms with Gasteiger partial charge in [-0.15, -0.1) is 0 Å². The molecule has 9 heteroatoms. The zero-order valence-electron chi connectivity index (χ0n) is 20.0. The summed E-state index contributed by atoms with van der Waals surface area (Å²) in [6, 6.07) is 7.87. The smallest absolute Gasteiger partial charge is 0.249 e. The third-order valence-corrected chi connectivity index (χ3v) is 5.66. The molecular formula is C24H35N5O4. The first kappa shape index (κ1) is 26.1. The number of hydrogen-bond acceptors (Lipinski definition) is 5. The van der Waals surface area contributed by atoms with Crippen LogP contribution in [0.2, 0.25) is 0 Å². The minimum atomic E-state index is -0.703. The van der Waals surface area contributed by atoms with Crippen molar-refractivity contribution in [2.75, 3.05) is 13.6 Å². The maximum Gasteiger partial charge on any atom is 0.249 e. The molecule has 0 aliphatic carbocycles. The lowest BCUT2D eigenvalue weighted by Crippen LogP contribution is -2.54. The normalized spacial score (nSPS) is 17.6. The molecule has 1 aliphatic heterocycles. The van der Waals surface area contributed by atoms with Gasteiger partial charge < -0.3 is 25.8 Å². The summed E-state index contributed by atoms with van der Waals surface area (Å²) in [7, 11) is 1.67. The van der Waals surface area contributed by atoms with E-state index in [2.05, 4.69) is 16.0 Å². The van der Waals surface area contributed by atoms with Crippen LogP contribution < -0.4 is 16.0 Å². The summed E-state index contributed by atoms with van der Waals surface area (Å²) in [5.41, 5.74) is 1.00. The molecule has 9 nitrogen and oxygen atoms in total. The van der Waals surface area contributed by atoms with E-state index < -0.39 is 18.1 Å². The van der Waals surface area contributed by atoms with Gasteiger partial charge in [-0.3, -0.25) is 19.2 Å². The van der Waals surface area contributed by atoms with Gasteiger partial charge in [0.25, 0.3) is 0 Å². The van der Waals surface area contributed by atoms with Crippen molar-refractivity contribution in [2.45, 2.75) is 58.8 Å². The van der Waals surface area contributed by atoms with Crippen LogP contribution in [0.1, 0.15) is 39.7 Å². The predicted molar refractivity (Wildman–Crippen MR) is 125 cm³/mol. The fourth-order valence-electron chi connectivity index (χ4n) is 3.40. The van der Waals surface area contributed by atoms with Gasteiger partial charge in [0.15, 0.2) is 0 Å². The maximum atomic E-state index is 12.7. The monoisotopic (exact) mass is 457 g/mol. The Morgan fingerprint density at radius 2 is 1.70 bits per heavy atom. The molecule has 0 saturated carbocycles. The molecule has 180 valence electrons. The summed E-state index contributed by atoms with van der Waals surface area (Å²) in [6.45, 7) is 7.62. The van der Waals surface area contributed by atoms with Crippen molar-refractivity contribution in [3.8, 4) is 0 Å². The lowest BCUT2D eigenvalue weighted by Gasteiger charge is -2.34. The van der Waals surface area contributed by atoms with Crippen LogP contribution in [-0.4, -0.2) is 65.1 Å². The van der Waals surface area contributed by atoms with Crippen LogP contribution in [-0.2, 0) is 25.7 Å². The lowest BCUT2D eigenvalue weighted by molar-refractivity contribution is -0.143. The Morgan fingerprint density at radius 1 is 1.03 bits per heavy atom. The molecule has 1 heterocycles. The van der Waals surface area contributed by atoms with Crippen molar-refractivity contribution >= 4 is 23.6 Å². The quantitative estimate of drug-likeness (QED) is 0.485. The molecule has 0 spiro atoms. The van der Waals surface area contributed by atoms with E-state index in [0.29, 0.717) is 6.54 Å². The van der Waals surface area contributed by atoms with E-state index in [1.54, 1.807) is 38.2 Å². The molecule has 0 saturated heterocycles. The number of benzene rings is 1. The Bertz CT molecular complexity index is 871. The minimum absolute atomic E-state index is 0.0397. The first-order valence-corrected chi connectivity index (χ1v) is 11.2. The topological polar surface area (TPSA) is 111 Å². The van der Waals surface area contributed by atoms with E-state index in [1.165, 1.54) is 4.90 Å². The highest BCUT2D eigenvalue weighted by Crippen LogP contribution is 2.16. The molecular weight excluding hydrogens is 422 g/mol. The van der Waals surface area contributed by atoms with Gasteiger partial charge in [0, 0.05) is 25.4 Å². The molecule has 1 aromatic carbocycles. The van der Waals surface area contributed by atoms with Crippen molar-refractivity contribution in [3.63, 3.8) is 0 Å². The van der Waals surface area contributed by atoms with Crippen LogP contribution in [0.3, 0.4) is 0 Å². The van der Waals surface area contributed by atoms with Gasteiger partial charge >= 0.3 is 0 Å². The number of nitrogens with one attached hydrogen (secondary N) is 3. The largest absolute Gasteiger partial charge is 0.354 e. The van der Waals surface area contributed by atoms with Crippen LogP contribution in [0.15, 0.2) is 42.7 Å². The van der Waals surface area contributed by atoms with Crippen LogP contribution in [0.4, 0.5) is 0 Å². The first-order valence-electron chi connectivity index (χ1n) is 11.2. The highest BCUT2D eigenvalue weighted by molar-refractivity contribution is 5.91. The van der Waals surface area contributed by atoms with Crippen LogP contribution >= 0.6 is 0 Å². The Labute approximate surface area is 195 Å². The number of rotatable bonds is 10. The van der Waals surface area contributed by atoms with Crippen LogP contribution in [0.5, 0.6) is 0 Å². The van der Waals surface area contributed by atoms with E-state index >= 15 is 0 Å². The molecule has 33 heavy (non-hydrogen) atoms. The van der Waals surface area contributed by atoms with E-state index in [4.69, 9.17) is 0 Å². The number of hydrogen-bond donors (Lipinski definition) is 3. The summed E-state index contributed by atoms with van der Waals surface area (Å²) in [5, 5.41) is 8.29. The van der Waals surface area contributed by atoms with E-state index in [0.717, 1.165) is 5.56 Å². The van der Waals surface area contributed by atoms with Crippen molar-refractivity contribution < 1.29 is 19.2 Å². The average molecular weight is 458 g/mol. The minimum Gasteiger partial charge on any atom is -0.354 e. The lowest BCUT2D eigenvalue weighted by atomic mass is 10.0. The summed E-state index contributed by atoms with van der Waals surface area (Å²) >= 11 is 0. The van der Waals surface area contributed by atoms with Crippen LogP contribution in [0, 0.1) is 5.92 Å². The molecule has 3 atom stereocenters. The molecule has 1 aromatic rings. The number of carbonyl (C=O) groups excluding carboxylic acids is 4. The third kappa shape index (κ3) is 7.15. The molecule has 3 N–H and O–H groups in total. The Kier molecular flexibility index (Phi) is 9.59. The Balaban J connectivity index is 1.89. The van der Waals surface area contributed by atoms with Crippen molar-refractivity contribution in [3.05, 3.63) is 48.3 Å². The van der Waals surface area contributed by atoms with Gasteiger partial charge in [-0.2, -0.15) is 0 Å².